The molecule has 3 heterocycles. The zero-order valence-corrected chi connectivity index (χ0v) is 16.3. The van der Waals surface area contributed by atoms with Crippen LogP contribution in [0.1, 0.15) is 10.9 Å². The Balaban J connectivity index is 1.53. The molecule has 2 saturated heterocycles. The van der Waals surface area contributed by atoms with E-state index in [1.807, 2.05) is 47.8 Å². The van der Waals surface area contributed by atoms with Crippen molar-refractivity contribution in [2.75, 3.05) is 9.96 Å². The number of non-ortho nitro benzene ring substituents is 1. The summed E-state index contributed by atoms with van der Waals surface area (Å²) in [6, 6.07) is 18.1. The van der Waals surface area contributed by atoms with E-state index in [0.717, 1.165) is 15.5 Å². The van der Waals surface area contributed by atoms with Gasteiger partial charge in [0.15, 0.2) is 6.10 Å². The number of imide groups is 1. The number of carbonyl (C=O) groups excluding carboxylic acids is 2. The molecule has 8 nitrogen and oxygen atoms in total. The molecule has 2 fully saturated rings. The van der Waals surface area contributed by atoms with Crippen molar-refractivity contribution in [3.8, 4) is 0 Å². The Labute approximate surface area is 175 Å². The van der Waals surface area contributed by atoms with Gasteiger partial charge < -0.3 is 0 Å². The van der Waals surface area contributed by atoms with Gasteiger partial charge in [0.1, 0.15) is 12.0 Å². The Morgan fingerprint density at radius 1 is 0.900 bits per heavy atom. The summed E-state index contributed by atoms with van der Waals surface area (Å²) in [6.07, 6.45) is -0.958. The molecule has 5 rings (SSSR count). The Bertz CT molecular complexity index is 1120. The van der Waals surface area contributed by atoms with Crippen molar-refractivity contribution in [2.45, 2.75) is 12.1 Å². The second-order valence-corrected chi connectivity index (χ2v) is 7.94. The molecule has 0 saturated carbocycles. The standard InChI is InChI=1S/C21H15N3O5S/c25-20-17-18(16-7-4-12-30-16)23(14-5-2-1-3-6-14)29-19(17)21(26)22(20)13-8-10-15(11-9-13)24(27)28/h1-12,17-19H/t17-,18+,19-/m0/s1. The summed E-state index contributed by atoms with van der Waals surface area (Å²) in [5.74, 6) is -1.57. The second kappa shape index (κ2) is 7.05. The van der Waals surface area contributed by atoms with Crippen LogP contribution in [0, 0.1) is 16.0 Å². The van der Waals surface area contributed by atoms with Gasteiger partial charge in [0, 0.05) is 17.0 Å². The van der Waals surface area contributed by atoms with Gasteiger partial charge in [0.25, 0.3) is 11.6 Å². The lowest BCUT2D eigenvalue weighted by Gasteiger charge is -2.27. The van der Waals surface area contributed by atoms with Crippen molar-refractivity contribution in [1.82, 2.24) is 0 Å². The van der Waals surface area contributed by atoms with E-state index in [2.05, 4.69) is 0 Å². The monoisotopic (exact) mass is 421 g/mol. The van der Waals surface area contributed by atoms with Crippen LogP contribution < -0.4 is 9.96 Å². The van der Waals surface area contributed by atoms with Crippen LogP contribution in [-0.2, 0) is 14.4 Å². The molecule has 0 N–H and O–H groups in total. The molecule has 3 aromatic rings. The van der Waals surface area contributed by atoms with Crippen LogP contribution in [-0.4, -0.2) is 22.8 Å². The van der Waals surface area contributed by atoms with Gasteiger partial charge in [-0.1, -0.05) is 24.3 Å². The summed E-state index contributed by atoms with van der Waals surface area (Å²) in [5, 5.41) is 14.5. The number of hydrogen-bond acceptors (Lipinski definition) is 7. The number of fused-ring (bicyclic) bond motifs is 1. The molecule has 9 heteroatoms. The first-order valence-corrected chi connectivity index (χ1v) is 10.1. The lowest BCUT2D eigenvalue weighted by molar-refractivity contribution is -0.384. The van der Waals surface area contributed by atoms with Gasteiger partial charge in [-0.05, 0) is 35.7 Å². The van der Waals surface area contributed by atoms with Crippen LogP contribution in [0.25, 0.3) is 0 Å². The lowest BCUT2D eigenvalue weighted by Crippen LogP contribution is -2.37. The van der Waals surface area contributed by atoms with E-state index < -0.39 is 28.9 Å². The summed E-state index contributed by atoms with van der Waals surface area (Å²) in [6.45, 7) is 0. The third kappa shape index (κ3) is 2.78. The quantitative estimate of drug-likeness (QED) is 0.362. The van der Waals surface area contributed by atoms with Crippen LogP contribution >= 0.6 is 11.3 Å². The van der Waals surface area contributed by atoms with Gasteiger partial charge >= 0.3 is 0 Å². The first-order chi connectivity index (χ1) is 14.6. The number of nitrogens with zero attached hydrogens (tertiary/aromatic N) is 3. The minimum Gasteiger partial charge on any atom is -0.273 e. The van der Waals surface area contributed by atoms with Crippen molar-refractivity contribution in [1.29, 1.82) is 0 Å². The van der Waals surface area contributed by atoms with Crippen molar-refractivity contribution in [3.05, 3.63) is 87.1 Å². The number of para-hydroxylation sites is 1. The molecular weight excluding hydrogens is 406 g/mol. The number of carbonyl (C=O) groups is 2. The molecule has 2 aliphatic rings. The van der Waals surface area contributed by atoms with Crippen LogP contribution in [0.15, 0.2) is 72.1 Å². The number of hydroxylamine groups is 1. The number of benzene rings is 2. The zero-order chi connectivity index (χ0) is 20.8. The molecule has 150 valence electrons. The van der Waals surface area contributed by atoms with Gasteiger partial charge in [-0.25, -0.2) is 9.96 Å². The van der Waals surface area contributed by atoms with Crippen molar-refractivity contribution >= 4 is 40.2 Å². The summed E-state index contributed by atoms with van der Waals surface area (Å²) in [4.78, 5) is 44.9. The Hall–Kier alpha value is -3.56. The van der Waals surface area contributed by atoms with E-state index in [1.54, 1.807) is 5.06 Å². The zero-order valence-electron chi connectivity index (χ0n) is 15.5. The fourth-order valence-electron chi connectivity index (χ4n) is 3.94. The molecule has 30 heavy (non-hydrogen) atoms. The Morgan fingerprint density at radius 2 is 1.63 bits per heavy atom. The summed E-state index contributed by atoms with van der Waals surface area (Å²) in [7, 11) is 0. The number of rotatable bonds is 4. The number of amides is 2. The highest BCUT2D eigenvalue weighted by Crippen LogP contribution is 2.48. The number of thiophene rings is 1. The van der Waals surface area contributed by atoms with E-state index in [-0.39, 0.29) is 11.6 Å². The van der Waals surface area contributed by atoms with E-state index in [9.17, 15) is 19.7 Å². The molecule has 0 bridgehead atoms. The predicted molar refractivity (Wildman–Crippen MR) is 110 cm³/mol. The first kappa shape index (κ1) is 18.5. The molecule has 2 aliphatic heterocycles. The first-order valence-electron chi connectivity index (χ1n) is 9.23. The number of nitro benzene ring substituents is 1. The largest absolute Gasteiger partial charge is 0.273 e. The molecule has 0 radical (unpaired) electrons. The van der Waals surface area contributed by atoms with Gasteiger partial charge in [0.2, 0.25) is 5.91 Å². The summed E-state index contributed by atoms with van der Waals surface area (Å²) >= 11 is 1.49. The molecule has 2 aromatic carbocycles. The third-order valence-corrected chi connectivity index (χ3v) is 6.22. The second-order valence-electron chi connectivity index (χ2n) is 6.96. The number of anilines is 2. The van der Waals surface area contributed by atoms with E-state index >= 15 is 0 Å². The molecular formula is C21H15N3O5S. The van der Waals surface area contributed by atoms with Crippen LogP contribution in [0.4, 0.5) is 17.1 Å². The van der Waals surface area contributed by atoms with E-state index in [0.29, 0.717) is 5.69 Å². The minimum atomic E-state index is -0.958. The van der Waals surface area contributed by atoms with Crippen molar-refractivity contribution in [3.63, 3.8) is 0 Å². The highest BCUT2D eigenvalue weighted by Gasteiger charge is 2.60. The maximum Gasteiger partial charge on any atom is 0.269 e. The Kier molecular flexibility index (Phi) is 4.34. The van der Waals surface area contributed by atoms with Crippen LogP contribution in [0.2, 0.25) is 0 Å². The molecule has 0 unspecified atom stereocenters. The van der Waals surface area contributed by atoms with Crippen molar-refractivity contribution in [2.24, 2.45) is 5.92 Å². The highest BCUT2D eigenvalue weighted by atomic mass is 32.1. The maximum absolute atomic E-state index is 13.4. The average Bonchev–Trinajstić information content (AvgIpc) is 3.46. The van der Waals surface area contributed by atoms with E-state index in [4.69, 9.17) is 4.84 Å². The fourth-order valence-corrected chi connectivity index (χ4v) is 4.79. The van der Waals surface area contributed by atoms with Crippen LogP contribution in [0.5, 0.6) is 0 Å². The van der Waals surface area contributed by atoms with Gasteiger partial charge in [-0.3, -0.25) is 24.5 Å². The molecule has 3 atom stereocenters. The SMILES string of the molecule is O=C1[C@@H]2[C@H](ON(c3ccccc3)[C@@H]2c2cccs2)C(=O)N1c1ccc([N+](=O)[O-])cc1. The summed E-state index contributed by atoms with van der Waals surface area (Å²) in [5.41, 5.74) is 0.943. The third-order valence-electron chi connectivity index (χ3n) is 5.28. The topological polar surface area (TPSA) is 93.0 Å². The minimum absolute atomic E-state index is 0.110. The van der Waals surface area contributed by atoms with Gasteiger partial charge in [-0.15, -0.1) is 11.3 Å². The molecule has 2 amide bonds. The predicted octanol–water partition coefficient (Wildman–Crippen LogP) is 3.71. The lowest BCUT2D eigenvalue weighted by atomic mass is 9.95. The number of nitro groups is 1. The Morgan fingerprint density at radius 3 is 2.27 bits per heavy atom. The molecule has 1 aromatic heterocycles. The van der Waals surface area contributed by atoms with Crippen LogP contribution in [0.3, 0.4) is 0 Å². The molecule has 0 spiro atoms. The van der Waals surface area contributed by atoms with Gasteiger partial charge in [-0.2, -0.15) is 0 Å². The number of hydrogen-bond donors (Lipinski definition) is 0. The maximum atomic E-state index is 13.4. The van der Waals surface area contributed by atoms with Crippen molar-refractivity contribution < 1.29 is 19.3 Å². The van der Waals surface area contributed by atoms with Gasteiger partial charge in [0.05, 0.1) is 16.3 Å². The average molecular weight is 421 g/mol. The smallest absolute Gasteiger partial charge is 0.269 e. The normalized spacial score (nSPS) is 23.1. The molecule has 0 aliphatic carbocycles. The highest BCUT2D eigenvalue weighted by molar-refractivity contribution is 7.10. The fraction of sp³-hybridized carbons (Fsp3) is 0.143. The summed E-state index contributed by atoms with van der Waals surface area (Å²) < 4.78 is 0. The van der Waals surface area contributed by atoms with E-state index in [1.165, 1.54) is 35.6 Å².